The van der Waals surface area contributed by atoms with Crippen molar-refractivity contribution in [1.82, 2.24) is 20.1 Å². The lowest BCUT2D eigenvalue weighted by molar-refractivity contribution is 0.0742. The molecule has 2 aliphatic heterocycles. The van der Waals surface area contributed by atoms with Crippen LogP contribution in [0.15, 0.2) is 30.6 Å². The second kappa shape index (κ2) is 8.39. The molecular weight excluding hydrogens is 360 g/mol. The van der Waals surface area contributed by atoms with Gasteiger partial charge in [-0.05, 0) is 12.1 Å². The molecule has 2 aromatic rings. The molecule has 0 aliphatic carbocycles. The Morgan fingerprint density at radius 2 is 1.89 bits per heavy atom. The second-order valence-electron chi connectivity index (χ2n) is 6.71. The summed E-state index contributed by atoms with van der Waals surface area (Å²) in [5, 5.41) is 8.45. The molecule has 0 bridgehead atoms. The summed E-state index contributed by atoms with van der Waals surface area (Å²) in [6.07, 6.45) is 3.40. The Morgan fingerprint density at radius 1 is 1.11 bits per heavy atom. The van der Waals surface area contributed by atoms with Crippen molar-refractivity contribution in [3.05, 3.63) is 36.2 Å². The first-order valence-electron chi connectivity index (χ1n) is 9.45. The molecule has 4 rings (SSSR count). The maximum Gasteiger partial charge on any atom is 0.259 e. The van der Waals surface area contributed by atoms with Crippen LogP contribution in [0.4, 0.5) is 11.5 Å². The normalized spacial score (nSPS) is 17.5. The summed E-state index contributed by atoms with van der Waals surface area (Å²) in [6.45, 7) is 5.82. The highest BCUT2D eigenvalue weighted by atomic mass is 16.5. The fourth-order valence-corrected chi connectivity index (χ4v) is 3.52. The number of carbonyl (C=O) groups excluding carboxylic acids is 1. The molecule has 0 radical (unpaired) electrons. The minimum absolute atomic E-state index is 0.0496. The predicted octanol–water partition coefficient (Wildman–Crippen LogP) is 0.679. The highest BCUT2D eigenvalue weighted by molar-refractivity contribution is 5.96. The van der Waals surface area contributed by atoms with Crippen LogP contribution in [0.3, 0.4) is 0 Å². The highest BCUT2D eigenvalue weighted by Gasteiger charge is 2.25. The van der Waals surface area contributed by atoms with Crippen molar-refractivity contribution >= 4 is 17.4 Å². The number of ether oxygens (including phenoxy) is 2. The van der Waals surface area contributed by atoms with Crippen molar-refractivity contribution in [2.75, 3.05) is 69.4 Å². The van der Waals surface area contributed by atoms with E-state index >= 15 is 0 Å². The number of piperazine rings is 1. The molecule has 0 spiro atoms. The number of pyridine rings is 1. The molecule has 2 saturated heterocycles. The quantitative estimate of drug-likeness (QED) is 0.761. The number of hydrogen-bond donors (Lipinski definition) is 0. The van der Waals surface area contributed by atoms with E-state index in [1.807, 2.05) is 4.90 Å². The number of nitrogens with zero attached hydrogens (tertiary/aromatic N) is 6. The lowest BCUT2D eigenvalue weighted by atomic mass is 10.2. The van der Waals surface area contributed by atoms with Crippen molar-refractivity contribution < 1.29 is 14.3 Å². The Balaban J connectivity index is 1.41. The monoisotopic (exact) mass is 384 g/mol. The first-order chi connectivity index (χ1) is 13.8. The van der Waals surface area contributed by atoms with Crippen LogP contribution in [0.2, 0.25) is 0 Å². The summed E-state index contributed by atoms with van der Waals surface area (Å²) in [7, 11) is 1.53. The van der Waals surface area contributed by atoms with Gasteiger partial charge in [-0.3, -0.25) is 4.79 Å². The average Bonchev–Trinajstić information content (AvgIpc) is 2.79. The Labute approximate surface area is 163 Å². The third kappa shape index (κ3) is 3.84. The summed E-state index contributed by atoms with van der Waals surface area (Å²) >= 11 is 0. The number of amides is 1. The number of anilines is 2. The maximum absolute atomic E-state index is 12.8. The van der Waals surface area contributed by atoms with Gasteiger partial charge in [-0.2, -0.15) is 5.10 Å². The molecule has 0 aromatic carbocycles. The topological polar surface area (TPSA) is 83.9 Å². The van der Waals surface area contributed by atoms with E-state index < -0.39 is 0 Å². The van der Waals surface area contributed by atoms with Crippen LogP contribution in [0, 0.1) is 0 Å². The average molecular weight is 384 g/mol. The summed E-state index contributed by atoms with van der Waals surface area (Å²) in [4.78, 5) is 23.2. The number of methoxy groups -OCH3 is 1. The van der Waals surface area contributed by atoms with Gasteiger partial charge in [-0.15, -0.1) is 5.10 Å². The van der Waals surface area contributed by atoms with Crippen molar-refractivity contribution in [1.29, 1.82) is 0 Å². The smallest absolute Gasteiger partial charge is 0.259 e. The molecule has 0 N–H and O–H groups in total. The first-order valence-corrected chi connectivity index (χ1v) is 9.45. The lowest BCUT2D eigenvalue weighted by Gasteiger charge is -2.36. The van der Waals surface area contributed by atoms with Crippen LogP contribution in [-0.2, 0) is 4.74 Å². The minimum atomic E-state index is -0.0496. The van der Waals surface area contributed by atoms with Gasteiger partial charge in [0.1, 0.15) is 5.56 Å². The second-order valence-corrected chi connectivity index (χ2v) is 6.71. The summed E-state index contributed by atoms with van der Waals surface area (Å²) < 4.78 is 10.6. The number of rotatable bonds is 4. The standard InChI is InChI=1S/C19H24N6O3/c1-27-18-16(3-2-4-20-18)19(26)25-7-5-23(6-8-25)15-13-17(22-21-14-15)24-9-11-28-12-10-24/h2-4,13-14H,5-12H2,1H3. The summed E-state index contributed by atoms with van der Waals surface area (Å²) in [5.41, 5.74) is 1.53. The molecule has 1 amide bonds. The van der Waals surface area contributed by atoms with Gasteiger partial charge in [0.15, 0.2) is 5.82 Å². The van der Waals surface area contributed by atoms with Gasteiger partial charge in [0.25, 0.3) is 5.91 Å². The van der Waals surface area contributed by atoms with Crippen molar-refractivity contribution in [2.45, 2.75) is 0 Å². The molecule has 148 valence electrons. The molecule has 9 heteroatoms. The third-order valence-corrected chi connectivity index (χ3v) is 5.09. The van der Waals surface area contributed by atoms with E-state index in [-0.39, 0.29) is 5.91 Å². The Kier molecular flexibility index (Phi) is 5.52. The molecule has 0 saturated carbocycles. The van der Waals surface area contributed by atoms with E-state index in [2.05, 4.69) is 31.0 Å². The van der Waals surface area contributed by atoms with E-state index in [0.29, 0.717) is 37.7 Å². The third-order valence-electron chi connectivity index (χ3n) is 5.09. The van der Waals surface area contributed by atoms with Crippen molar-refractivity contribution in [3.8, 4) is 5.88 Å². The molecule has 2 aromatic heterocycles. The zero-order valence-electron chi connectivity index (χ0n) is 16.0. The van der Waals surface area contributed by atoms with Gasteiger partial charge < -0.3 is 24.2 Å². The number of aromatic nitrogens is 3. The largest absolute Gasteiger partial charge is 0.480 e. The highest BCUT2D eigenvalue weighted by Crippen LogP contribution is 2.22. The first kappa shape index (κ1) is 18.4. The van der Waals surface area contributed by atoms with Crippen LogP contribution in [0.1, 0.15) is 10.4 Å². The van der Waals surface area contributed by atoms with Gasteiger partial charge in [-0.25, -0.2) is 4.98 Å². The molecular formula is C19H24N6O3. The van der Waals surface area contributed by atoms with Crippen LogP contribution >= 0.6 is 0 Å². The maximum atomic E-state index is 12.8. The minimum Gasteiger partial charge on any atom is -0.480 e. The fourth-order valence-electron chi connectivity index (χ4n) is 3.52. The molecule has 4 heterocycles. The SMILES string of the molecule is COc1ncccc1C(=O)N1CCN(c2cnnc(N3CCOCC3)c2)CC1. The van der Waals surface area contributed by atoms with Gasteiger partial charge in [0.2, 0.25) is 5.88 Å². The molecule has 2 aliphatic rings. The van der Waals surface area contributed by atoms with Crippen molar-refractivity contribution in [3.63, 3.8) is 0 Å². The van der Waals surface area contributed by atoms with Gasteiger partial charge in [-0.1, -0.05) is 0 Å². The van der Waals surface area contributed by atoms with Gasteiger partial charge >= 0.3 is 0 Å². The zero-order valence-corrected chi connectivity index (χ0v) is 16.0. The predicted molar refractivity (Wildman–Crippen MR) is 104 cm³/mol. The number of hydrogen-bond acceptors (Lipinski definition) is 8. The van der Waals surface area contributed by atoms with Crippen LogP contribution < -0.4 is 14.5 Å². The molecule has 9 nitrogen and oxygen atoms in total. The van der Waals surface area contributed by atoms with Gasteiger partial charge in [0, 0.05) is 51.5 Å². The van der Waals surface area contributed by atoms with Gasteiger partial charge in [0.05, 0.1) is 32.2 Å². The van der Waals surface area contributed by atoms with E-state index in [0.717, 1.165) is 37.7 Å². The molecule has 28 heavy (non-hydrogen) atoms. The molecule has 0 unspecified atom stereocenters. The Morgan fingerprint density at radius 3 is 2.64 bits per heavy atom. The van der Waals surface area contributed by atoms with Crippen molar-refractivity contribution in [2.24, 2.45) is 0 Å². The van der Waals surface area contributed by atoms with E-state index in [1.54, 1.807) is 24.5 Å². The Hall–Kier alpha value is -2.94. The van der Waals surface area contributed by atoms with E-state index in [1.165, 1.54) is 7.11 Å². The number of carbonyl (C=O) groups is 1. The number of morpholine rings is 1. The fraction of sp³-hybridized carbons (Fsp3) is 0.474. The zero-order chi connectivity index (χ0) is 19.3. The van der Waals surface area contributed by atoms with Crippen LogP contribution in [0.25, 0.3) is 0 Å². The molecule has 2 fully saturated rings. The lowest BCUT2D eigenvalue weighted by Crippen LogP contribution is -2.49. The summed E-state index contributed by atoms with van der Waals surface area (Å²) in [5.74, 6) is 1.19. The van der Waals surface area contributed by atoms with E-state index in [9.17, 15) is 4.79 Å². The van der Waals surface area contributed by atoms with E-state index in [4.69, 9.17) is 9.47 Å². The van der Waals surface area contributed by atoms with Crippen LogP contribution in [-0.4, -0.2) is 85.6 Å². The molecule has 0 atom stereocenters. The Bertz CT molecular complexity index is 819. The van der Waals surface area contributed by atoms with Crippen LogP contribution in [0.5, 0.6) is 5.88 Å². The summed E-state index contributed by atoms with van der Waals surface area (Å²) in [6, 6.07) is 5.57.